The van der Waals surface area contributed by atoms with Crippen molar-refractivity contribution in [1.29, 1.82) is 0 Å². The van der Waals surface area contributed by atoms with E-state index in [0.29, 0.717) is 22.4 Å². The lowest BCUT2D eigenvalue weighted by Gasteiger charge is -2.14. The molecule has 0 bridgehead atoms. The first-order chi connectivity index (χ1) is 9.02. The molecule has 4 heteroatoms. The summed E-state index contributed by atoms with van der Waals surface area (Å²) in [5.41, 5.74) is 1.77. The average molecular weight is 325 g/mol. The number of methoxy groups -OCH3 is 1. The molecule has 100 valence electrons. The fourth-order valence-electron chi connectivity index (χ4n) is 1.82. The third kappa shape index (κ3) is 2.96. The van der Waals surface area contributed by atoms with Gasteiger partial charge in [-0.1, -0.05) is 18.2 Å². The van der Waals surface area contributed by atoms with Gasteiger partial charge in [-0.3, -0.25) is 0 Å². The van der Waals surface area contributed by atoms with Gasteiger partial charge in [0.05, 0.1) is 11.6 Å². The maximum Gasteiger partial charge on any atom is 0.133 e. The molecule has 0 aromatic heterocycles. The average Bonchev–Trinajstić information content (AvgIpc) is 2.41. The monoisotopic (exact) mass is 324 g/mol. The van der Waals surface area contributed by atoms with E-state index in [9.17, 15) is 9.50 Å². The minimum atomic E-state index is -0.864. The highest BCUT2D eigenvalue weighted by Crippen LogP contribution is 2.30. The second kappa shape index (κ2) is 5.72. The Labute approximate surface area is 120 Å². The summed E-state index contributed by atoms with van der Waals surface area (Å²) >= 11 is 3.36. The third-order valence-electron chi connectivity index (χ3n) is 3.00. The van der Waals surface area contributed by atoms with Crippen LogP contribution in [0.4, 0.5) is 4.39 Å². The number of aryl methyl sites for hydroxylation is 1. The van der Waals surface area contributed by atoms with Gasteiger partial charge >= 0.3 is 0 Å². The molecule has 2 nitrogen and oxygen atoms in total. The number of ether oxygens (including phenoxy) is 1. The number of benzene rings is 2. The number of aliphatic hydroxyl groups excluding tert-OH is 1. The van der Waals surface area contributed by atoms with Crippen molar-refractivity contribution in [2.45, 2.75) is 13.0 Å². The Morgan fingerprint density at radius 3 is 2.37 bits per heavy atom. The summed E-state index contributed by atoms with van der Waals surface area (Å²) in [4.78, 5) is 0. The molecule has 0 aliphatic carbocycles. The van der Waals surface area contributed by atoms with Crippen molar-refractivity contribution in [2.75, 3.05) is 7.11 Å². The summed E-state index contributed by atoms with van der Waals surface area (Å²) < 4.78 is 19.4. The number of aliphatic hydroxyl groups is 1. The van der Waals surface area contributed by atoms with Crippen LogP contribution in [0.5, 0.6) is 5.75 Å². The van der Waals surface area contributed by atoms with Crippen LogP contribution < -0.4 is 4.74 Å². The van der Waals surface area contributed by atoms with Gasteiger partial charge < -0.3 is 9.84 Å². The van der Waals surface area contributed by atoms with Gasteiger partial charge in [0.25, 0.3) is 0 Å². The molecule has 0 saturated carbocycles. The SMILES string of the molecule is COc1ccc(C(O)c2ccc(C)c(F)c2)cc1Br. The first-order valence-electron chi connectivity index (χ1n) is 5.80. The van der Waals surface area contributed by atoms with Gasteiger partial charge in [0.1, 0.15) is 17.7 Å². The van der Waals surface area contributed by atoms with Crippen LogP contribution in [0.3, 0.4) is 0 Å². The maximum absolute atomic E-state index is 13.5. The normalized spacial score (nSPS) is 12.3. The van der Waals surface area contributed by atoms with E-state index in [4.69, 9.17) is 4.74 Å². The number of halogens is 2. The Morgan fingerprint density at radius 1 is 1.16 bits per heavy atom. The molecular weight excluding hydrogens is 311 g/mol. The van der Waals surface area contributed by atoms with Crippen LogP contribution in [0.1, 0.15) is 22.8 Å². The van der Waals surface area contributed by atoms with Crippen molar-refractivity contribution in [3.8, 4) is 5.75 Å². The Kier molecular flexibility index (Phi) is 4.22. The van der Waals surface area contributed by atoms with Crippen LogP contribution in [0, 0.1) is 12.7 Å². The molecule has 0 fully saturated rings. The Morgan fingerprint density at radius 2 is 1.79 bits per heavy atom. The van der Waals surface area contributed by atoms with Gasteiger partial charge in [0.2, 0.25) is 0 Å². The second-order valence-electron chi connectivity index (χ2n) is 4.31. The zero-order valence-electron chi connectivity index (χ0n) is 10.7. The predicted octanol–water partition coefficient (Wildman–Crippen LogP) is 3.99. The molecule has 1 N–H and O–H groups in total. The van der Waals surface area contributed by atoms with E-state index in [0.717, 1.165) is 4.47 Å². The maximum atomic E-state index is 13.5. The smallest absolute Gasteiger partial charge is 0.133 e. The first-order valence-corrected chi connectivity index (χ1v) is 6.59. The van der Waals surface area contributed by atoms with E-state index in [1.165, 1.54) is 6.07 Å². The number of hydrogen-bond acceptors (Lipinski definition) is 2. The summed E-state index contributed by atoms with van der Waals surface area (Å²) in [6, 6.07) is 10.0. The lowest BCUT2D eigenvalue weighted by Crippen LogP contribution is -2.01. The summed E-state index contributed by atoms with van der Waals surface area (Å²) in [5.74, 6) is 0.371. The van der Waals surface area contributed by atoms with Crippen LogP contribution >= 0.6 is 15.9 Å². The Balaban J connectivity index is 2.35. The van der Waals surface area contributed by atoms with Crippen molar-refractivity contribution in [3.05, 3.63) is 63.4 Å². The van der Waals surface area contributed by atoms with E-state index < -0.39 is 6.10 Å². The van der Waals surface area contributed by atoms with Crippen LogP contribution in [-0.2, 0) is 0 Å². The van der Waals surface area contributed by atoms with Crippen molar-refractivity contribution >= 4 is 15.9 Å². The molecule has 2 rings (SSSR count). The van der Waals surface area contributed by atoms with E-state index in [1.54, 1.807) is 44.4 Å². The van der Waals surface area contributed by atoms with Crippen molar-refractivity contribution in [1.82, 2.24) is 0 Å². The molecule has 0 heterocycles. The molecule has 1 unspecified atom stereocenters. The van der Waals surface area contributed by atoms with Crippen molar-refractivity contribution in [3.63, 3.8) is 0 Å². The topological polar surface area (TPSA) is 29.5 Å². The lowest BCUT2D eigenvalue weighted by atomic mass is 10.0. The van der Waals surface area contributed by atoms with E-state index in [2.05, 4.69) is 15.9 Å². The highest BCUT2D eigenvalue weighted by molar-refractivity contribution is 9.10. The van der Waals surface area contributed by atoms with Gasteiger partial charge in [-0.2, -0.15) is 0 Å². The first kappa shape index (κ1) is 14.0. The second-order valence-corrected chi connectivity index (χ2v) is 5.16. The van der Waals surface area contributed by atoms with E-state index in [1.807, 2.05) is 0 Å². The molecule has 0 aliphatic rings. The van der Waals surface area contributed by atoms with Crippen LogP contribution in [0.25, 0.3) is 0 Å². The third-order valence-corrected chi connectivity index (χ3v) is 3.62. The van der Waals surface area contributed by atoms with Crippen molar-refractivity contribution < 1.29 is 14.2 Å². The predicted molar refractivity (Wildman–Crippen MR) is 75.9 cm³/mol. The van der Waals surface area contributed by atoms with Gasteiger partial charge in [-0.15, -0.1) is 0 Å². The minimum Gasteiger partial charge on any atom is -0.496 e. The number of hydrogen-bond donors (Lipinski definition) is 1. The molecule has 0 radical (unpaired) electrons. The standard InChI is InChI=1S/C15H14BrFO2/c1-9-3-4-11(8-13(9)17)15(18)10-5-6-14(19-2)12(16)7-10/h3-8,15,18H,1-2H3. The molecule has 2 aromatic carbocycles. The van der Waals surface area contributed by atoms with Crippen molar-refractivity contribution in [2.24, 2.45) is 0 Å². The Bertz CT molecular complexity index is 599. The lowest BCUT2D eigenvalue weighted by molar-refractivity contribution is 0.219. The van der Waals surface area contributed by atoms with Gasteiger partial charge in [0.15, 0.2) is 0 Å². The highest BCUT2D eigenvalue weighted by Gasteiger charge is 2.13. The van der Waals surface area contributed by atoms with Crippen LogP contribution in [-0.4, -0.2) is 12.2 Å². The van der Waals surface area contributed by atoms with Crippen LogP contribution in [0.2, 0.25) is 0 Å². The summed E-state index contributed by atoms with van der Waals surface area (Å²) in [7, 11) is 1.57. The zero-order valence-corrected chi connectivity index (χ0v) is 12.2. The summed E-state index contributed by atoms with van der Waals surface area (Å²) in [6.45, 7) is 1.69. The van der Waals surface area contributed by atoms with E-state index in [-0.39, 0.29) is 5.82 Å². The zero-order chi connectivity index (χ0) is 14.0. The van der Waals surface area contributed by atoms with Gasteiger partial charge in [-0.25, -0.2) is 4.39 Å². The number of rotatable bonds is 3. The fourth-order valence-corrected chi connectivity index (χ4v) is 2.38. The molecule has 19 heavy (non-hydrogen) atoms. The summed E-state index contributed by atoms with van der Waals surface area (Å²) in [5, 5.41) is 10.3. The highest BCUT2D eigenvalue weighted by atomic mass is 79.9. The van der Waals surface area contributed by atoms with E-state index >= 15 is 0 Å². The molecule has 0 saturated heterocycles. The fraction of sp³-hybridized carbons (Fsp3) is 0.200. The Hall–Kier alpha value is -1.39. The molecule has 2 aromatic rings. The molecule has 1 atom stereocenters. The molecule has 0 spiro atoms. The molecule has 0 aliphatic heterocycles. The summed E-state index contributed by atoms with van der Waals surface area (Å²) in [6.07, 6.45) is -0.864. The largest absolute Gasteiger partial charge is 0.496 e. The molecule has 0 amide bonds. The minimum absolute atomic E-state index is 0.316. The van der Waals surface area contributed by atoms with Gasteiger partial charge in [-0.05, 0) is 57.7 Å². The molecular formula is C15H14BrFO2. The van der Waals surface area contributed by atoms with Gasteiger partial charge in [0, 0.05) is 0 Å². The van der Waals surface area contributed by atoms with Crippen LogP contribution in [0.15, 0.2) is 40.9 Å². The quantitative estimate of drug-likeness (QED) is 0.925.